The second-order valence-corrected chi connectivity index (χ2v) is 10.6. The lowest BCUT2D eigenvalue weighted by molar-refractivity contribution is -0.238. The van der Waals surface area contributed by atoms with E-state index in [1.165, 1.54) is 11.1 Å². The molecule has 34 heavy (non-hydrogen) atoms. The summed E-state index contributed by atoms with van der Waals surface area (Å²) in [7, 11) is 0. The third kappa shape index (κ3) is 3.49. The van der Waals surface area contributed by atoms with Gasteiger partial charge in [-0.15, -0.1) is 0 Å². The van der Waals surface area contributed by atoms with Crippen LogP contribution in [0.25, 0.3) is 0 Å². The van der Waals surface area contributed by atoms with Gasteiger partial charge in [0.2, 0.25) is 0 Å². The molecule has 3 aliphatic carbocycles. The number of fused-ring (bicyclic) bond motifs is 3. The normalized spacial score (nSPS) is 39.1. The monoisotopic (exact) mass is 468 g/mol. The van der Waals surface area contributed by atoms with Crippen molar-refractivity contribution in [3.8, 4) is 0 Å². The highest BCUT2D eigenvalue weighted by atomic mass is 16.5. The van der Waals surface area contributed by atoms with Crippen molar-refractivity contribution in [1.29, 1.82) is 0 Å². The SMILES string of the molecule is CCOC(=O)[C@]12CC[C@H](OCc3ccccc3)C[C@@H]1[C@@H](O)[C@H]1OCC3=C(CCC3)[C@@]1(C)[C@@H]2C=O. The summed E-state index contributed by atoms with van der Waals surface area (Å²) in [6, 6.07) is 9.99. The Morgan fingerprint density at radius 2 is 2.06 bits per heavy atom. The van der Waals surface area contributed by atoms with Crippen molar-refractivity contribution in [2.45, 2.75) is 77.3 Å². The van der Waals surface area contributed by atoms with Crippen molar-refractivity contribution in [3.63, 3.8) is 0 Å². The summed E-state index contributed by atoms with van der Waals surface area (Å²) in [5, 5.41) is 11.8. The van der Waals surface area contributed by atoms with Gasteiger partial charge in [0.25, 0.3) is 0 Å². The minimum Gasteiger partial charge on any atom is -0.466 e. The molecule has 0 spiro atoms. The van der Waals surface area contributed by atoms with Gasteiger partial charge in [-0.05, 0) is 56.6 Å². The van der Waals surface area contributed by atoms with Gasteiger partial charge in [0.05, 0.1) is 43.5 Å². The predicted molar refractivity (Wildman–Crippen MR) is 126 cm³/mol. The minimum atomic E-state index is -1.07. The van der Waals surface area contributed by atoms with Crippen LogP contribution in [0, 0.1) is 22.7 Å². The average Bonchev–Trinajstić information content (AvgIpc) is 3.34. The van der Waals surface area contributed by atoms with Crippen LogP contribution in [0.1, 0.15) is 57.9 Å². The second kappa shape index (κ2) is 9.21. The van der Waals surface area contributed by atoms with Crippen LogP contribution in [0.2, 0.25) is 0 Å². The number of carbonyl (C=O) groups is 2. The number of benzene rings is 1. The van der Waals surface area contributed by atoms with Gasteiger partial charge < -0.3 is 24.1 Å². The van der Waals surface area contributed by atoms with Gasteiger partial charge in [-0.3, -0.25) is 4.79 Å². The molecule has 0 unspecified atom stereocenters. The van der Waals surface area contributed by atoms with Crippen LogP contribution in [-0.4, -0.2) is 48.9 Å². The van der Waals surface area contributed by atoms with Crippen molar-refractivity contribution in [2.24, 2.45) is 22.7 Å². The molecule has 0 amide bonds. The van der Waals surface area contributed by atoms with Crippen molar-refractivity contribution in [2.75, 3.05) is 13.2 Å². The lowest BCUT2D eigenvalue weighted by atomic mass is 9.43. The summed E-state index contributed by atoms with van der Waals surface area (Å²) in [5.41, 5.74) is 1.78. The fourth-order valence-corrected chi connectivity index (χ4v) is 7.59. The van der Waals surface area contributed by atoms with Crippen molar-refractivity contribution < 1.29 is 28.9 Å². The summed E-state index contributed by atoms with van der Waals surface area (Å²) < 4.78 is 18.1. The number of aliphatic hydroxyl groups excluding tert-OH is 1. The highest BCUT2D eigenvalue weighted by Gasteiger charge is 2.70. The molecule has 1 aromatic carbocycles. The van der Waals surface area contributed by atoms with Crippen LogP contribution in [0.3, 0.4) is 0 Å². The van der Waals surface area contributed by atoms with Crippen molar-refractivity contribution >= 4 is 12.3 Å². The molecule has 2 saturated carbocycles. The molecule has 184 valence electrons. The summed E-state index contributed by atoms with van der Waals surface area (Å²) in [6.07, 6.45) is 3.97. The number of rotatable bonds is 6. The van der Waals surface area contributed by atoms with E-state index < -0.39 is 34.9 Å². The molecule has 1 N–H and O–H groups in total. The maximum Gasteiger partial charge on any atom is 0.313 e. The lowest BCUT2D eigenvalue weighted by Crippen LogP contribution is -2.70. The first kappa shape index (κ1) is 23.7. The third-order valence-corrected chi connectivity index (χ3v) is 9.11. The fraction of sp³-hybridized carbons (Fsp3) is 0.643. The fourth-order valence-electron chi connectivity index (χ4n) is 7.59. The van der Waals surface area contributed by atoms with E-state index in [9.17, 15) is 14.7 Å². The molecule has 0 radical (unpaired) electrons. The Morgan fingerprint density at radius 3 is 2.79 bits per heavy atom. The molecule has 5 rings (SSSR count). The van der Waals surface area contributed by atoms with Crippen molar-refractivity contribution in [3.05, 3.63) is 47.0 Å². The number of carbonyl (C=O) groups excluding carboxylic acids is 2. The van der Waals surface area contributed by atoms with E-state index in [4.69, 9.17) is 14.2 Å². The first-order chi connectivity index (χ1) is 16.5. The molecule has 6 heteroatoms. The number of hydrogen-bond donors (Lipinski definition) is 1. The molecule has 6 nitrogen and oxygen atoms in total. The average molecular weight is 469 g/mol. The van der Waals surface area contributed by atoms with E-state index in [2.05, 4.69) is 0 Å². The summed E-state index contributed by atoms with van der Waals surface area (Å²) >= 11 is 0. The van der Waals surface area contributed by atoms with Crippen LogP contribution in [-0.2, 0) is 30.4 Å². The zero-order chi connectivity index (χ0) is 23.9. The number of hydrogen-bond acceptors (Lipinski definition) is 6. The summed E-state index contributed by atoms with van der Waals surface area (Å²) in [6.45, 7) is 5.05. The van der Waals surface area contributed by atoms with E-state index in [1.54, 1.807) is 6.92 Å². The highest BCUT2D eigenvalue weighted by Crippen LogP contribution is 2.65. The van der Waals surface area contributed by atoms with E-state index in [-0.39, 0.29) is 18.7 Å². The Labute approximate surface area is 201 Å². The largest absolute Gasteiger partial charge is 0.466 e. The van der Waals surface area contributed by atoms with Crippen LogP contribution >= 0.6 is 0 Å². The Bertz CT molecular complexity index is 957. The van der Waals surface area contributed by atoms with Gasteiger partial charge in [0, 0.05) is 17.3 Å². The number of aliphatic hydroxyl groups is 1. The van der Waals surface area contributed by atoms with Crippen LogP contribution in [0.4, 0.5) is 0 Å². The minimum absolute atomic E-state index is 0.107. The first-order valence-electron chi connectivity index (χ1n) is 12.8. The molecular weight excluding hydrogens is 432 g/mol. The van der Waals surface area contributed by atoms with Crippen LogP contribution in [0.15, 0.2) is 41.5 Å². The van der Waals surface area contributed by atoms with E-state index in [0.29, 0.717) is 32.5 Å². The quantitative estimate of drug-likeness (QED) is 0.386. The molecule has 1 aliphatic heterocycles. The summed E-state index contributed by atoms with van der Waals surface area (Å²) in [5.74, 6) is -1.42. The van der Waals surface area contributed by atoms with E-state index in [1.807, 2.05) is 37.3 Å². The second-order valence-electron chi connectivity index (χ2n) is 10.6. The Balaban J connectivity index is 1.50. The molecular formula is C28H36O6. The Kier molecular flexibility index (Phi) is 6.42. The topological polar surface area (TPSA) is 82.1 Å². The molecule has 1 heterocycles. The van der Waals surface area contributed by atoms with Gasteiger partial charge in [-0.25, -0.2) is 0 Å². The third-order valence-electron chi connectivity index (χ3n) is 9.11. The van der Waals surface area contributed by atoms with E-state index in [0.717, 1.165) is 31.1 Å². The maximum absolute atomic E-state index is 13.7. The molecule has 0 bridgehead atoms. The standard InChI is InChI=1S/C28H36O6/c1-3-32-26(31)28-13-12-20(33-16-18-8-5-4-6-9-18)14-22(28)24(30)25-27(2,23(28)15-29)21-11-7-10-19(21)17-34-25/h4-6,8-9,15,20,22-25,30H,3,7,10-14,16-17H2,1-2H3/t20-,22+,23-,24+,25+,27-,28+/m0/s1. The van der Waals surface area contributed by atoms with Gasteiger partial charge in [-0.2, -0.15) is 0 Å². The number of ether oxygens (including phenoxy) is 3. The van der Waals surface area contributed by atoms with Gasteiger partial charge >= 0.3 is 5.97 Å². The van der Waals surface area contributed by atoms with Gasteiger partial charge in [-0.1, -0.05) is 42.8 Å². The first-order valence-corrected chi connectivity index (χ1v) is 12.8. The van der Waals surface area contributed by atoms with E-state index >= 15 is 0 Å². The molecule has 7 atom stereocenters. The van der Waals surface area contributed by atoms with Crippen molar-refractivity contribution in [1.82, 2.24) is 0 Å². The Morgan fingerprint density at radius 1 is 1.26 bits per heavy atom. The van der Waals surface area contributed by atoms with Crippen LogP contribution < -0.4 is 0 Å². The predicted octanol–water partition coefficient (Wildman–Crippen LogP) is 4.00. The zero-order valence-corrected chi connectivity index (χ0v) is 20.2. The lowest BCUT2D eigenvalue weighted by Gasteiger charge is -2.62. The molecule has 0 aromatic heterocycles. The number of aldehydes is 1. The number of esters is 1. The van der Waals surface area contributed by atoms with Gasteiger partial charge in [0.1, 0.15) is 6.29 Å². The highest BCUT2D eigenvalue weighted by molar-refractivity contribution is 5.83. The van der Waals surface area contributed by atoms with Gasteiger partial charge in [0.15, 0.2) is 0 Å². The zero-order valence-electron chi connectivity index (χ0n) is 20.2. The Hall–Kier alpha value is -2.02. The molecule has 0 saturated heterocycles. The molecule has 1 aromatic rings. The van der Waals surface area contributed by atoms with Crippen LogP contribution in [0.5, 0.6) is 0 Å². The molecule has 4 aliphatic rings. The maximum atomic E-state index is 13.7. The smallest absolute Gasteiger partial charge is 0.313 e. The molecule has 2 fully saturated rings. The summed E-state index contributed by atoms with van der Waals surface area (Å²) in [4.78, 5) is 26.6.